The summed E-state index contributed by atoms with van der Waals surface area (Å²) in [5, 5.41) is 14.3. The van der Waals surface area contributed by atoms with Gasteiger partial charge in [-0.05, 0) is 37.1 Å². The summed E-state index contributed by atoms with van der Waals surface area (Å²) in [6.45, 7) is 0. The van der Waals surface area contributed by atoms with Gasteiger partial charge in [0.05, 0.1) is 5.92 Å². The molecule has 0 bridgehead atoms. The van der Waals surface area contributed by atoms with Crippen molar-refractivity contribution in [2.24, 2.45) is 11.8 Å². The Morgan fingerprint density at radius 1 is 1.11 bits per heavy atom. The summed E-state index contributed by atoms with van der Waals surface area (Å²) in [7, 11) is 0. The van der Waals surface area contributed by atoms with E-state index in [0.29, 0.717) is 23.6 Å². The van der Waals surface area contributed by atoms with Crippen LogP contribution in [0.1, 0.15) is 12.8 Å². The number of allylic oxidation sites excluding steroid dienone is 2. The number of hydrogen-bond donors (Lipinski definition) is 1. The summed E-state index contributed by atoms with van der Waals surface area (Å²) >= 11 is 5.75. The second-order valence-corrected chi connectivity index (χ2v) is 4.91. The van der Waals surface area contributed by atoms with Crippen molar-refractivity contribution >= 4 is 29.2 Å². The lowest BCUT2D eigenvalue weighted by Gasteiger charge is -2.28. The predicted molar refractivity (Wildman–Crippen MR) is 70.4 cm³/mol. The maximum atomic E-state index is 12.1. The van der Waals surface area contributed by atoms with Gasteiger partial charge in [-0.15, -0.1) is 0 Å². The van der Waals surface area contributed by atoms with Crippen molar-refractivity contribution in [2.75, 3.05) is 5.32 Å². The van der Waals surface area contributed by atoms with Gasteiger partial charge in [-0.25, -0.2) is 0 Å². The summed E-state index contributed by atoms with van der Waals surface area (Å²) in [4.78, 5) is 23.1. The van der Waals surface area contributed by atoms with E-state index in [9.17, 15) is 14.7 Å². The van der Waals surface area contributed by atoms with Crippen LogP contribution in [-0.4, -0.2) is 11.9 Å². The Morgan fingerprint density at radius 2 is 1.68 bits per heavy atom. The number of carboxylic acid groups (broad SMARTS) is 1. The van der Waals surface area contributed by atoms with Gasteiger partial charge in [0.2, 0.25) is 5.91 Å². The number of amides is 1. The molecule has 1 aliphatic rings. The van der Waals surface area contributed by atoms with E-state index >= 15 is 0 Å². The highest BCUT2D eigenvalue weighted by Gasteiger charge is 2.29. The Bertz CT molecular complexity index is 510. The highest BCUT2D eigenvalue weighted by Crippen LogP contribution is 2.26. The third kappa shape index (κ3) is 3.35. The van der Waals surface area contributed by atoms with Crippen LogP contribution in [0.25, 0.3) is 0 Å². The lowest BCUT2D eigenvalue weighted by Crippen LogP contribution is -2.41. The Hall–Kier alpha value is -1.81. The van der Waals surface area contributed by atoms with Crippen molar-refractivity contribution < 1.29 is 14.7 Å². The summed E-state index contributed by atoms with van der Waals surface area (Å²) in [6.07, 6.45) is 4.34. The van der Waals surface area contributed by atoms with Crippen LogP contribution >= 0.6 is 11.6 Å². The standard InChI is InChI=1S/C14H14ClNO3/c15-9-5-7-10(8-6-9)16-13(17)11-3-1-2-4-12(11)14(18)19/h1-2,5-8,11-12H,3-4H2,(H,16,17)(H,18,19)/p-1/t11-,12+/m1/s1. The molecule has 0 heterocycles. The molecule has 100 valence electrons. The molecule has 2 rings (SSSR count). The van der Waals surface area contributed by atoms with E-state index in [1.165, 1.54) is 0 Å². The van der Waals surface area contributed by atoms with Gasteiger partial charge in [0.1, 0.15) is 0 Å². The topological polar surface area (TPSA) is 69.2 Å². The molecule has 0 radical (unpaired) electrons. The first-order valence-electron chi connectivity index (χ1n) is 6.00. The number of nitrogens with one attached hydrogen (secondary N) is 1. The van der Waals surface area contributed by atoms with Gasteiger partial charge in [0.15, 0.2) is 0 Å². The molecule has 0 unspecified atom stereocenters. The number of rotatable bonds is 3. The Kier molecular flexibility index (Phi) is 4.22. The highest BCUT2D eigenvalue weighted by molar-refractivity contribution is 6.30. The maximum Gasteiger partial charge on any atom is 0.228 e. The van der Waals surface area contributed by atoms with Gasteiger partial charge in [-0.1, -0.05) is 23.8 Å². The molecular weight excluding hydrogens is 266 g/mol. The molecule has 0 fully saturated rings. The second-order valence-electron chi connectivity index (χ2n) is 4.47. The van der Waals surface area contributed by atoms with Crippen LogP contribution in [0.3, 0.4) is 0 Å². The number of carboxylic acids is 1. The third-order valence-electron chi connectivity index (χ3n) is 3.18. The molecule has 2 atom stereocenters. The molecule has 0 aromatic heterocycles. The number of aliphatic carboxylic acids is 1. The molecule has 1 aliphatic carbocycles. The van der Waals surface area contributed by atoms with Crippen LogP contribution in [0.2, 0.25) is 5.02 Å². The number of carbonyl (C=O) groups is 2. The van der Waals surface area contributed by atoms with Crippen LogP contribution < -0.4 is 10.4 Å². The van der Waals surface area contributed by atoms with Crippen molar-refractivity contribution in [1.82, 2.24) is 0 Å². The van der Waals surface area contributed by atoms with Crippen LogP contribution in [0.15, 0.2) is 36.4 Å². The molecule has 5 heteroatoms. The van der Waals surface area contributed by atoms with Crippen molar-refractivity contribution in [3.8, 4) is 0 Å². The Balaban J connectivity index is 2.08. The zero-order valence-electron chi connectivity index (χ0n) is 10.1. The van der Waals surface area contributed by atoms with Crippen molar-refractivity contribution in [3.63, 3.8) is 0 Å². The minimum Gasteiger partial charge on any atom is -0.550 e. The maximum absolute atomic E-state index is 12.1. The quantitative estimate of drug-likeness (QED) is 0.854. The van der Waals surface area contributed by atoms with Gasteiger partial charge in [0.25, 0.3) is 0 Å². The molecule has 0 saturated heterocycles. The van der Waals surface area contributed by atoms with E-state index in [2.05, 4.69) is 5.32 Å². The highest BCUT2D eigenvalue weighted by atomic mass is 35.5. The largest absolute Gasteiger partial charge is 0.550 e. The van der Waals surface area contributed by atoms with Crippen LogP contribution in [0.5, 0.6) is 0 Å². The van der Waals surface area contributed by atoms with Gasteiger partial charge >= 0.3 is 0 Å². The van der Waals surface area contributed by atoms with Gasteiger partial charge in [0, 0.05) is 22.6 Å². The van der Waals surface area contributed by atoms with Crippen molar-refractivity contribution in [2.45, 2.75) is 12.8 Å². The fourth-order valence-corrected chi connectivity index (χ4v) is 2.26. The summed E-state index contributed by atoms with van der Waals surface area (Å²) in [5.41, 5.74) is 0.598. The molecule has 1 amide bonds. The molecule has 4 nitrogen and oxygen atoms in total. The fraction of sp³-hybridized carbons (Fsp3) is 0.286. The monoisotopic (exact) mass is 278 g/mol. The smallest absolute Gasteiger partial charge is 0.228 e. The van der Waals surface area contributed by atoms with Gasteiger partial charge in [-0.3, -0.25) is 4.79 Å². The zero-order valence-corrected chi connectivity index (χ0v) is 10.9. The van der Waals surface area contributed by atoms with E-state index in [0.717, 1.165) is 0 Å². The Morgan fingerprint density at radius 3 is 2.26 bits per heavy atom. The number of hydrogen-bond acceptors (Lipinski definition) is 3. The molecule has 0 aliphatic heterocycles. The lowest BCUT2D eigenvalue weighted by molar-refractivity contribution is -0.313. The molecule has 1 aromatic carbocycles. The molecular formula is C14H13ClNO3-. The summed E-state index contributed by atoms with van der Waals surface area (Å²) in [5.74, 6) is -2.84. The number of benzene rings is 1. The first kappa shape index (κ1) is 13.6. The SMILES string of the molecule is O=C([O-])[C@H]1CC=CC[C@H]1C(=O)Nc1ccc(Cl)cc1. The molecule has 0 spiro atoms. The van der Waals surface area contributed by atoms with Crippen molar-refractivity contribution in [3.05, 3.63) is 41.4 Å². The van der Waals surface area contributed by atoms with Gasteiger partial charge < -0.3 is 15.2 Å². The van der Waals surface area contributed by atoms with E-state index in [-0.39, 0.29) is 5.91 Å². The summed E-state index contributed by atoms with van der Waals surface area (Å²) < 4.78 is 0. The Labute approximate surface area is 116 Å². The minimum absolute atomic E-state index is 0.305. The number of carbonyl (C=O) groups excluding carboxylic acids is 2. The zero-order chi connectivity index (χ0) is 13.8. The second kappa shape index (κ2) is 5.89. The molecule has 1 aromatic rings. The van der Waals surface area contributed by atoms with Crippen LogP contribution in [0.4, 0.5) is 5.69 Å². The van der Waals surface area contributed by atoms with E-state index < -0.39 is 17.8 Å². The van der Waals surface area contributed by atoms with E-state index in [1.807, 2.05) is 6.08 Å². The lowest BCUT2D eigenvalue weighted by atomic mass is 9.82. The van der Waals surface area contributed by atoms with E-state index in [4.69, 9.17) is 11.6 Å². The average Bonchev–Trinajstić information content (AvgIpc) is 2.41. The molecule has 1 N–H and O–H groups in total. The van der Waals surface area contributed by atoms with Crippen LogP contribution in [-0.2, 0) is 9.59 Å². The average molecular weight is 279 g/mol. The van der Waals surface area contributed by atoms with E-state index in [1.54, 1.807) is 30.3 Å². The van der Waals surface area contributed by atoms with Crippen molar-refractivity contribution in [1.29, 1.82) is 0 Å². The minimum atomic E-state index is -1.18. The number of anilines is 1. The fourth-order valence-electron chi connectivity index (χ4n) is 2.13. The summed E-state index contributed by atoms with van der Waals surface area (Å²) in [6, 6.07) is 6.67. The molecule has 0 saturated carbocycles. The number of halogens is 1. The van der Waals surface area contributed by atoms with Crippen LogP contribution in [0, 0.1) is 11.8 Å². The van der Waals surface area contributed by atoms with Gasteiger partial charge in [-0.2, -0.15) is 0 Å². The first-order chi connectivity index (χ1) is 9.08. The predicted octanol–water partition coefficient (Wildman–Crippen LogP) is 1.61. The normalized spacial score (nSPS) is 21.9. The molecule has 19 heavy (non-hydrogen) atoms. The first-order valence-corrected chi connectivity index (χ1v) is 6.38. The third-order valence-corrected chi connectivity index (χ3v) is 3.44.